The van der Waals surface area contributed by atoms with E-state index in [1.54, 1.807) is 0 Å². The molecular weight excluding hydrogens is 248 g/mol. The van der Waals surface area contributed by atoms with E-state index in [9.17, 15) is 10.2 Å². The molecule has 2 rings (SSSR count). The molecular formula is C18H18O2. The maximum Gasteiger partial charge on any atom is 0.0685 e. The summed E-state index contributed by atoms with van der Waals surface area (Å²) < 4.78 is 0. The fraction of sp³-hybridized carbons (Fsp3) is 0.111. The lowest BCUT2D eigenvalue weighted by Crippen LogP contribution is -2.00. The van der Waals surface area contributed by atoms with Crippen molar-refractivity contribution in [2.24, 2.45) is 0 Å². The van der Waals surface area contributed by atoms with Crippen LogP contribution in [-0.2, 0) is 0 Å². The molecule has 0 aliphatic rings. The molecule has 2 aromatic rings. The first kappa shape index (κ1) is 14.3. The van der Waals surface area contributed by atoms with Gasteiger partial charge in [-0.05, 0) is 34.4 Å². The molecule has 0 aliphatic carbocycles. The fourth-order valence-electron chi connectivity index (χ4n) is 1.98. The topological polar surface area (TPSA) is 40.5 Å². The average molecular weight is 266 g/mol. The minimum atomic E-state index is -0.103. The molecule has 0 aliphatic heterocycles. The highest BCUT2D eigenvalue weighted by molar-refractivity contribution is 5.66. The number of hydrogen-bond donors (Lipinski definition) is 2. The van der Waals surface area contributed by atoms with Gasteiger partial charge in [-0.2, -0.15) is 0 Å². The smallest absolute Gasteiger partial charge is 0.0685 e. The van der Waals surface area contributed by atoms with Gasteiger partial charge in [-0.15, -0.1) is 0 Å². The predicted molar refractivity (Wildman–Crippen MR) is 83.0 cm³/mol. The lowest BCUT2D eigenvalue weighted by molar-refractivity contribution is 0.313. The Bertz CT molecular complexity index is 528. The predicted octanol–water partition coefficient (Wildman–Crippen LogP) is 3.14. The van der Waals surface area contributed by atoms with Crippen LogP contribution in [0.3, 0.4) is 0 Å². The lowest BCUT2D eigenvalue weighted by Gasteiger charge is -2.08. The van der Waals surface area contributed by atoms with E-state index in [1.807, 2.05) is 72.8 Å². The third kappa shape index (κ3) is 3.92. The Morgan fingerprint density at radius 2 is 1.00 bits per heavy atom. The second kappa shape index (κ2) is 7.43. The van der Waals surface area contributed by atoms with Crippen LogP contribution in [0.25, 0.3) is 12.2 Å². The average Bonchev–Trinajstić information content (AvgIpc) is 2.52. The van der Waals surface area contributed by atoms with Crippen molar-refractivity contribution in [2.75, 3.05) is 13.2 Å². The lowest BCUT2D eigenvalue weighted by atomic mass is 10.0. The molecule has 0 fully saturated rings. The molecule has 0 radical (unpaired) electrons. The summed E-state index contributed by atoms with van der Waals surface area (Å²) >= 11 is 0. The van der Waals surface area contributed by atoms with Crippen LogP contribution in [0.15, 0.2) is 71.8 Å². The first-order valence-corrected chi connectivity index (χ1v) is 6.57. The molecule has 0 atom stereocenters. The highest BCUT2D eigenvalue weighted by Gasteiger charge is 2.04. The van der Waals surface area contributed by atoms with Gasteiger partial charge >= 0.3 is 0 Å². The minimum absolute atomic E-state index is 0.103. The van der Waals surface area contributed by atoms with E-state index in [4.69, 9.17) is 0 Å². The monoisotopic (exact) mass is 266 g/mol. The van der Waals surface area contributed by atoms with E-state index < -0.39 is 0 Å². The summed E-state index contributed by atoms with van der Waals surface area (Å²) in [7, 11) is 0. The molecule has 0 amide bonds. The van der Waals surface area contributed by atoms with Gasteiger partial charge in [-0.25, -0.2) is 0 Å². The summed E-state index contributed by atoms with van der Waals surface area (Å²) in [5, 5.41) is 19.1. The number of rotatable bonds is 5. The van der Waals surface area contributed by atoms with Crippen molar-refractivity contribution in [3.63, 3.8) is 0 Å². The number of aliphatic hydroxyl groups is 2. The first-order chi connectivity index (χ1) is 9.83. The van der Waals surface area contributed by atoms with Gasteiger partial charge in [0, 0.05) is 0 Å². The second-order valence-electron chi connectivity index (χ2n) is 4.48. The molecule has 2 aromatic carbocycles. The molecule has 2 nitrogen and oxygen atoms in total. The van der Waals surface area contributed by atoms with Gasteiger partial charge < -0.3 is 10.2 Å². The van der Waals surface area contributed by atoms with Crippen LogP contribution in [0.2, 0.25) is 0 Å². The molecule has 2 N–H and O–H groups in total. The van der Waals surface area contributed by atoms with E-state index in [0.717, 1.165) is 22.3 Å². The van der Waals surface area contributed by atoms with Crippen molar-refractivity contribution < 1.29 is 10.2 Å². The summed E-state index contributed by atoms with van der Waals surface area (Å²) in [4.78, 5) is 0. The number of benzene rings is 2. The molecule has 0 unspecified atom stereocenters. The normalized spacial score (nSPS) is 12.5. The highest BCUT2D eigenvalue weighted by Crippen LogP contribution is 2.17. The zero-order valence-corrected chi connectivity index (χ0v) is 11.2. The van der Waals surface area contributed by atoms with Crippen molar-refractivity contribution in [1.82, 2.24) is 0 Å². The first-order valence-electron chi connectivity index (χ1n) is 6.57. The third-order valence-corrected chi connectivity index (χ3v) is 3.03. The van der Waals surface area contributed by atoms with Crippen molar-refractivity contribution in [3.05, 3.63) is 82.9 Å². The molecule has 102 valence electrons. The van der Waals surface area contributed by atoms with Gasteiger partial charge in [-0.3, -0.25) is 0 Å². The summed E-state index contributed by atoms with van der Waals surface area (Å²) in [6.45, 7) is -0.206. The van der Waals surface area contributed by atoms with Crippen LogP contribution in [0.4, 0.5) is 0 Å². The van der Waals surface area contributed by atoms with Gasteiger partial charge in [0.25, 0.3) is 0 Å². The van der Waals surface area contributed by atoms with Gasteiger partial charge in [0.1, 0.15) is 0 Å². The molecule has 0 bridgehead atoms. The highest BCUT2D eigenvalue weighted by atomic mass is 16.3. The number of aliphatic hydroxyl groups excluding tert-OH is 2. The molecule has 0 saturated carbocycles. The standard InChI is InChI=1S/C18H18O2/c19-13-17(11-15-7-3-1-4-8-15)18(14-20)12-16-9-5-2-6-10-16/h1-12,19-20H,13-14H2/b17-11-,18-12-. The maximum atomic E-state index is 9.55. The third-order valence-electron chi connectivity index (χ3n) is 3.03. The summed E-state index contributed by atoms with van der Waals surface area (Å²) in [5.41, 5.74) is 3.46. The Hall–Kier alpha value is -2.16. The molecule has 0 spiro atoms. The maximum absolute atomic E-state index is 9.55. The van der Waals surface area contributed by atoms with Crippen LogP contribution < -0.4 is 0 Å². The Labute approximate surface area is 119 Å². The van der Waals surface area contributed by atoms with Gasteiger partial charge in [-0.1, -0.05) is 60.7 Å². The van der Waals surface area contributed by atoms with Crippen LogP contribution in [0.1, 0.15) is 11.1 Å². The van der Waals surface area contributed by atoms with E-state index >= 15 is 0 Å². The largest absolute Gasteiger partial charge is 0.392 e. The van der Waals surface area contributed by atoms with Crippen LogP contribution in [0, 0.1) is 0 Å². The summed E-state index contributed by atoms with van der Waals surface area (Å²) in [5.74, 6) is 0. The van der Waals surface area contributed by atoms with Gasteiger partial charge in [0.2, 0.25) is 0 Å². The summed E-state index contributed by atoms with van der Waals surface area (Å²) in [6, 6.07) is 19.5. The molecule has 0 aromatic heterocycles. The zero-order valence-electron chi connectivity index (χ0n) is 11.2. The second-order valence-corrected chi connectivity index (χ2v) is 4.48. The molecule has 0 heterocycles. The molecule has 20 heavy (non-hydrogen) atoms. The van der Waals surface area contributed by atoms with E-state index in [2.05, 4.69) is 0 Å². The Kier molecular flexibility index (Phi) is 5.30. The zero-order chi connectivity index (χ0) is 14.2. The Morgan fingerprint density at radius 1 is 0.650 bits per heavy atom. The van der Waals surface area contributed by atoms with Crippen molar-refractivity contribution in [2.45, 2.75) is 0 Å². The van der Waals surface area contributed by atoms with Crippen molar-refractivity contribution >= 4 is 12.2 Å². The molecule has 0 saturated heterocycles. The molecule has 2 heteroatoms. The fourth-order valence-corrected chi connectivity index (χ4v) is 1.98. The van der Waals surface area contributed by atoms with Crippen LogP contribution >= 0.6 is 0 Å². The van der Waals surface area contributed by atoms with Crippen molar-refractivity contribution in [3.8, 4) is 0 Å². The quantitative estimate of drug-likeness (QED) is 0.816. The SMILES string of the molecule is OCC(=C/c1ccccc1)/C(=C\c1ccccc1)CO. The van der Waals surface area contributed by atoms with E-state index in [1.165, 1.54) is 0 Å². The van der Waals surface area contributed by atoms with Crippen molar-refractivity contribution in [1.29, 1.82) is 0 Å². The van der Waals surface area contributed by atoms with Crippen LogP contribution in [0.5, 0.6) is 0 Å². The Balaban J connectivity index is 2.33. The van der Waals surface area contributed by atoms with E-state index in [-0.39, 0.29) is 13.2 Å². The summed E-state index contributed by atoms with van der Waals surface area (Å²) in [6.07, 6.45) is 3.79. The van der Waals surface area contributed by atoms with Gasteiger partial charge in [0.15, 0.2) is 0 Å². The number of hydrogen-bond acceptors (Lipinski definition) is 2. The van der Waals surface area contributed by atoms with Gasteiger partial charge in [0.05, 0.1) is 13.2 Å². The Morgan fingerprint density at radius 3 is 1.30 bits per heavy atom. The van der Waals surface area contributed by atoms with E-state index in [0.29, 0.717) is 0 Å². The minimum Gasteiger partial charge on any atom is -0.392 e. The van der Waals surface area contributed by atoms with Crippen LogP contribution in [-0.4, -0.2) is 23.4 Å².